The highest BCUT2D eigenvalue weighted by atomic mass is 16.1. The minimum absolute atomic E-state index is 0.00901. The predicted molar refractivity (Wildman–Crippen MR) is 70.7 cm³/mol. The number of amides is 1. The molecule has 1 amide bonds. The molecule has 0 radical (unpaired) electrons. The van der Waals surface area contributed by atoms with E-state index in [-0.39, 0.29) is 17.4 Å². The van der Waals surface area contributed by atoms with Crippen LogP contribution in [0.5, 0.6) is 0 Å². The molecule has 0 aliphatic carbocycles. The van der Waals surface area contributed by atoms with Crippen LogP contribution in [0.1, 0.15) is 33.6 Å². The minimum Gasteiger partial charge on any atom is -0.356 e. The third kappa shape index (κ3) is 5.04. The van der Waals surface area contributed by atoms with Crippen molar-refractivity contribution in [2.75, 3.05) is 26.7 Å². The van der Waals surface area contributed by atoms with Gasteiger partial charge in [-0.1, -0.05) is 20.8 Å². The van der Waals surface area contributed by atoms with Crippen LogP contribution in [0.25, 0.3) is 0 Å². The second-order valence-corrected chi connectivity index (χ2v) is 6.40. The van der Waals surface area contributed by atoms with Gasteiger partial charge in [0.2, 0.25) is 5.91 Å². The minimum atomic E-state index is -0.0752. The van der Waals surface area contributed by atoms with Crippen LogP contribution in [0.15, 0.2) is 0 Å². The van der Waals surface area contributed by atoms with Crippen molar-refractivity contribution in [3.05, 3.63) is 0 Å². The fourth-order valence-electron chi connectivity index (χ4n) is 2.03. The summed E-state index contributed by atoms with van der Waals surface area (Å²) in [6, 6.07) is -0.0752. The molecule has 1 heterocycles. The Morgan fingerprint density at radius 3 is 2.65 bits per heavy atom. The van der Waals surface area contributed by atoms with E-state index in [4.69, 9.17) is 5.73 Å². The van der Waals surface area contributed by atoms with Gasteiger partial charge in [0.15, 0.2) is 0 Å². The fraction of sp³-hybridized carbons (Fsp3) is 0.923. The molecule has 1 fully saturated rings. The SMILES string of the molecule is CN1CCC(CNC(=O)CC(N)C(C)(C)C)C1. The predicted octanol–water partition coefficient (Wildman–Crippen LogP) is 0.818. The van der Waals surface area contributed by atoms with Gasteiger partial charge in [-0.2, -0.15) is 0 Å². The summed E-state index contributed by atoms with van der Waals surface area (Å²) in [4.78, 5) is 14.0. The molecule has 0 spiro atoms. The second kappa shape index (κ2) is 5.83. The summed E-state index contributed by atoms with van der Waals surface area (Å²) in [5, 5.41) is 3.00. The number of rotatable bonds is 4. The average molecular weight is 241 g/mol. The molecule has 100 valence electrons. The van der Waals surface area contributed by atoms with Gasteiger partial charge in [0.05, 0.1) is 0 Å². The Kier molecular flexibility index (Phi) is 4.95. The van der Waals surface area contributed by atoms with Crippen molar-refractivity contribution in [3.8, 4) is 0 Å². The van der Waals surface area contributed by atoms with E-state index in [1.165, 1.54) is 6.42 Å². The number of nitrogens with two attached hydrogens (primary N) is 1. The van der Waals surface area contributed by atoms with Gasteiger partial charge in [-0.15, -0.1) is 0 Å². The zero-order valence-corrected chi connectivity index (χ0v) is 11.6. The van der Waals surface area contributed by atoms with Gasteiger partial charge in [-0.25, -0.2) is 0 Å². The third-order valence-corrected chi connectivity index (χ3v) is 3.59. The van der Waals surface area contributed by atoms with Crippen LogP contribution in [-0.4, -0.2) is 43.5 Å². The summed E-state index contributed by atoms with van der Waals surface area (Å²) >= 11 is 0. The smallest absolute Gasteiger partial charge is 0.221 e. The number of likely N-dealkylation sites (tertiary alicyclic amines) is 1. The molecule has 0 aromatic carbocycles. The van der Waals surface area contributed by atoms with E-state index in [1.807, 2.05) is 0 Å². The highest BCUT2D eigenvalue weighted by Gasteiger charge is 2.24. The van der Waals surface area contributed by atoms with Crippen LogP contribution in [0.4, 0.5) is 0 Å². The lowest BCUT2D eigenvalue weighted by atomic mass is 9.85. The lowest BCUT2D eigenvalue weighted by molar-refractivity contribution is -0.122. The molecule has 1 aliphatic rings. The summed E-state index contributed by atoms with van der Waals surface area (Å²) in [6.45, 7) is 9.22. The van der Waals surface area contributed by atoms with Gasteiger partial charge in [0.1, 0.15) is 0 Å². The maximum Gasteiger partial charge on any atom is 0.221 e. The highest BCUT2D eigenvalue weighted by molar-refractivity contribution is 5.76. The standard InChI is InChI=1S/C13H27N3O/c1-13(2,3)11(14)7-12(17)15-8-10-5-6-16(4)9-10/h10-11H,5-9,14H2,1-4H3,(H,15,17). The van der Waals surface area contributed by atoms with Gasteiger partial charge in [-0.3, -0.25) is 4.79 Å². The van der Waals surface area contributed by atoms with E-state index in [0.29, 0.717) is 12.3 Å². The van der Waals surface area contributed by atoms with E-state index in [9.17, 15) is 4.79 Å². The quantitative estimate of drug-likeness (QED) is 0.766. The molecule has 1 rings (SSSR count). The molecular weight excluding hydrogens is 214 g/mol. The first-order valence-electron chi connectivity index (χ1n) is 6.50. The van der Waals surface area contributed by atoms with Crippen molar-refractivity contribution in [1.29, 1.82) is 0 Å². The Labute approximate surface area is 105 Å². The first-order chi connectivity index (χ1) is 7.79. The summed E-state index contributed by atoms with van der Waals surface area (Å²) in [6.07, 6.45) is 1.61. The van der Waals surface area contributed by atoms with Crippen molar-refractivity contribution in [1.82, 2.24) is 10.2 Å². The topological polar surface area (TPSA) is 58.4 Å². The molecule has 4 nitrogen and oxygen atoms in total. The van der Waals surface area contributed by atoms with Gasteiger partial charge >= 0.3 is 0 Å². The highest BCUT2D eigenvalue weighted by Crippen LogP contribution is 2.19. The Morgan fingerprint density at radius 1 is 1.53 bits per heavy atom. The number of carbonyl (C=O) groups excluding carboxylic acids is 1. The van der Waals surface area contributed by atoms with E-state index < -0.39 is 0 Å². The Morgan fingerprint density at radius 2 is 2.18 bits per heavy atom. The molecule has 1 aliphatic heterocycles. The van der Waals surface area contributed by atoms with Crippen molar-refractivity contribution in [2.45, 2.75) is 39.7 Å². The first-order valence-corrected chi connectivity index (χ1v) is 6.50. The van der Waals surface area contributed by atoms with Crippen molar-refractivity contribution in [2.24, 2.45) is 17.1 Å². The summed E-state index contributed by atoms with van der Waals surface area (Å²) in [5.74, 6) is 0.691. The molecule has 2 unspecified atom stereocenters. The van der Waals surface area contributed by atoms with Crippen LogP contribution in [0.2, 0.25) is 0 Å². The Bertz CT molecular complexity index is 260. The fourth-order valence-corrected chi connectivity index (χ4v) is 2.03. The molecule has 0 aromatic rings. The van der Waals surface area contributed by atoms with E-state index in [2.05, 4.69) is 38.0 Å². The van der Waals surface area contributed by atoms with E-state index in [1.54, 1.807) is 0 Å². The molecule has 2 atom stereocenters. The van der Waals surface area contributed by atoms with Crippen LogP contribution in [0.3, 0.4) is 0 Å². The van der Waals surface area contributed by atoms with Gasteiger partial charge in [0, 0.05) is 25.6 Å². The van der Waals surface area contributed by atoms with Crippen LogP contribution in [-0.2, 0) is 4.79 Å². The van der Waals surface area contributed by atoms with Crippen molar-refractivity contribution >= 4 is 5.91 Å². The second-order valence-electron chi connectivity index (χ2n) is 6.40. The van der Waals surface area contributed by atoms with E-state index in [0.717, 1.165) is 19.6 Å². The number of hydrogen-bond donors (Lipinski definition) is 2. The van der Waals surface area contributed by atoms with Crippen LogP contribution in [0, 0.1) is 11.3 Å². The lowest BCUT2D eigenvalue weighted by Gasteiger charge is -2.26. The number of hydrogen-bond acceptors (Lipinski definition) is 3. The summed E-state index contributed by atoms with van der Waals surface area (Å²) in [5.41, 5.74) is 5.98. The largest absolute Gasteiger partial charge is 0.356 e. The number of nitrogens with zero attached hydrogens (tertiary/aromatic N) is 1. The molecule has 4 heteroatoms. The summed E-state index contributed by atoms with van der Waals surface area (Å²) < 4.78 is 0. The van der Waals surface area contributed by atoms with Gasteiger partial charge in [-0.05, 0) is 31.3 Å². The molecule has 0 bridgehead atoms. The summed E-state index contributed by atoms with van der Waals surface area (Å²) in [7, 11) is 2.12. The zero-order chi connectivity index (χ0) is 13.1. The molecule has 0 saturated carbocycles. The lowest BCUT2D eigenvalue weighted by Crippen LogP contribution is -2.41. The Hall–Kier alpha value is -0.610. The van der Waals surface area contributed by atoms with E-state index >= 15 is 0 Å². The molecule has 17 heavy (non-hydrogen) atoms. The monoisotopic (exact) mass is 241 g/mol. The maximum atomic E-state index is 11.7. The van der Waals surface area contributed by atoms with Crippen molar-refractivity contribution in [3.63, 3.8) is 0 Å². The Balaban J connectivity index is 2.21. The van der Waals surface area contributed by atoms with Crippen LogP contribution < -0.4 is 11.1 Å². The number of carbonyl (C=O) groups is 1. The normalized spacial score (nSPS) is 23.7. The molecule has 3 N–H and O–H groups in total. The number of nitrogens with one attached hydrogen (secondary N) is 1. The average Bonchev–Trinajstić information content (AvgIpc) is 2.60. The maximum absolute atomic E-state index is 11.7. The molecule has 0 aromatic heterocycles. The third-order valence-electron chi connectivity index (χ3n) is 3.59. The van der Waals surface area contributed by atoms with Gasteiger partial charge < -0.3 is 16.0 Å². The van der Waals surface area contributed by atoms with Gasteiger partial charge in [0.25, 0.3) is 0 Å². The first kappa shape index (κ1) is 14.5. The van der Waals surface area contributed by atoms with Crippen molar-refractivity contribution < 1.29 is 4.79 Å². The zero-order valence-electron chi connectivity index (χ0n) is 11.6. The van der Waals surface area contributed by atoms with Crippen LogP contribution >= 0.6 is 0 Å². The molecule has 1 saturated heterocycles. The molecular formula is C13H27N3O.